The number of benzene rings is 1. The number of methoxy groups -OCH3 is 2. The number of nitriles is 1. The molecule has 0 unspecified atom stereocenters. The summed E-state index contributed by atoms with van der Waals surface area (Å²) in [4.78, 5) is 11.9. The Kier molecular flexibility index (Phi) is 4.29. The quantitative estimate of drug-likeness (QED) is 0.883. The summed E-state index contributed by atoms with van der Waals surface area (Å²) >= 11 is 0. The van der Waals surface area contributed by atoms with Gasteiger partial charge in [0.15, 0.2) is 0 Å². The summed E-state index contributed by atoms with van der Waals surface area (Å²) in [5.41, 5.74) is 0.0429. The number of carbonyl (C=O) groups excluding carboxylic acids is 1. The highest BCUT2D eigenvalue weighted by Crippen LogP contribution is 2.26. The number of carbonyl (C=O) groups is 1. The monoisotopic (exact) mass is 248 g/mol. The molecule has 0 saturated carbocycles. The van der Waals surface area contributed by atoms with E-state index in [0.717, 1.165) is 0 Å². The van der Waals surface area contributed by atoms with Crippen LogP contribution in [0.5, 0.6) is 5.75 Å². The predicted molar refractivity (Wildman–Crippen MR) is 67.4 cm³/mol. The fraction of sp³-hybridized carbons (Fsp3) is 0.385. The van der Waals surface area contributed by atoms with E-state index in [1.807, 2.05) is 6.07 Å². The van der Waals surface area contributed by atoms with Gasteiger partial charge in [0.2, 0.25) is 0 Å². The van der Waals surface area contributed by atoms with Crippen molar-refractivity contribution in [2.45, 2.75) is 19.4 Å². The van der Waals surface area contributed by atoms with Gasteiger partial charge in [-0.2, -0.15) is 5.26 Å². The third-order valence-corrected chi connectivity index (χ3v) is 2.64. The molecule has 1 aromatic carbocycles. The lowest BCUT2D eigenvalue weighted by molar-refractivity contribution is -0.133. The third kappa shape index (κ3) is 2.99. The minimum atomic E-state index is -0.932. The summed E-state index contributed by atoms with van der Waals surface area (Å²) in [6.07, 6.45) is 0. The van der Waals surface area contributed by atoms with Crippen LogP contribution in [0.25, 0.3) is 0 Å². The van der Waals surface area contributed by atoms with Crippen molar-refractivity contribution in [3.05, 3.63) is 23.8 Å². The van der Waals surface area contributed by atoms with Crippen LogP contribution in [0.1, 0.15) is 19.4 Å². The van der Waals surface area contributed by atoms with E-state index in [-0.39, 0.29) is 5.91 Å². The second kappa shape index (κ2) is 5.52. The summed E-state index contributed by atoms with van der Waals surface area (Å²) in [6, 6.07) is 6.81. The topological polar surface area (TPSA) is 71.3 Å². The predicted octanol–water partition coefficient (Wildman–Crippen LogP) is 1.93. The Morgan fingerprint density at radius 1 is 1.39 bits per heavy atom. The van der Waals surface area contributed by atoms with Crippen LogP contribution < -0.4 is 10.1 Å². The van der Waals surface area contributed by atoms with Gasteiger partial charge in [0.05, 0.1) is 24.4 Å². The summed E-state index contributed by atoms with van der Waals surface area (Å²) in [6.45, 7) is 3.33. The van der Waals surface area contributed by atoms with Gasteiger partial charge in [0.25, 0.3) is 5.91 Å². The van der Waals surface area contributed by atoms with Crippen molar-refractivity contribution in [3.8, 4) is 11.8 Å². The van der Waals surface area contributed by atoms with E-state index < -0.39 is 5.60 Å². The van der Waals surface area contributed by atoms with Crippen LogP contribution in [0.15, 0.2) is 18.2 Å². The summed E-state index contributed by atoms with van der Waals surface area (Å²) < 4.78 is 10.2. The van der Waals surface area contributed by atoms with Crippen molar-refractivity contribution >= 4 is 11.6 Å². The molecule has 5 nitrogen and oxygen atoms in total. The Bertz CT molecular complexity index is 489. The molecule has 0 spiro atoms. The third-order valence-electron chi connectivity index (χ3n) is 2.64. The second-order valence-electron chi connectivity index (χ2n) is 4.20. The zero-order valence-corrected chi connectivity index (χ0v) is 10.9. The molecule has 0 aliphatic heterocycles. The maximum absolute atomic E-state index is 11.9. The molecule has 0 bridgehead atoms. The van der Waals surface area contributed by atoms with Gasteiger partial charge in [0.1, 0.15) is 11.4 Å². The zero-order chi connectivity index (χ0) is 13.8. The maximum atomic E-state index is 11.9. The lowest BCUT2D eigenvalue weighted by atomic mass is 10.1. The van der Waals surface area contributed by atoms with Crippen molar-refractivity contribution in [1.29, 1.82) is 5.26 Å². The molecule has 0 radical (unpaired) electrons. The number of nitrogens with one attached hydrogen (secondary N) is 1. The number of hydrogen-bond acceptors (Lipinski definition) is 4. The van der Waals surface area contributed by atoms with E-state index in [1.54, 1.807) is 32.0 Å². The molecule has 0 aromatic heterocycles. The van der Waals surface area contributed by atoms with Crippen LogP contribution in [-0.4, -0.2) is 25.7 Å². The molecule has 96 valence electrons. The highest BCUT2D eigenvalue weighted by Gasteiger charge is 2.27. The fourth-order valence-corrected chi connectivity index (χ4v) is 1.23. The first-order valence-corrected chi connectivity index (χ1v) is 5.39. The molecule has 0 atom stereocenters. The van der Waals surface area contributed by atoms with Crippen LogP contribution in [0, 0.1) is 11.3 Å². The van der Waals surface area contributed by atoms with Gasteiger partial charge >= 0.3 is 0 Å². The fourth-order valence-electron chi connectivity index (χ4n) is 1.23. The van der Waals surface area contributed by atoms with Gasteiger partial charge in [-0.25, -0.2) is 0 Å². The molecule has 0 saturated heterocycles. The Hall–Kier alpha value is -2.06. The van der Waals surface area contributed by atoms with Gasteiger partial charge < -0.3 is 14.8 Å². The summed E-state index contributed by atoms with van der Waals surface area (Å²) in [5.74, 6) is 0.155. The average molecular weight is 248 g/mol. The van der Waals surface area contributed by atoms with Crippen molar-refractivity contribution in [2.75, 3.05) is 19.5 Å². The van der Waals surface area contributed by atoms with Crippen LogP contribution in [-0.2, 0) is 9.53 Å². The number of ether oxygens (including phenoxy) is 2. The van der Waals surface area contributed by atoms with Crippen LogP contribution >= 0.6 is 0 Å². The van der Waals surface area contributed by atoms with E-state index in [0.29, 0.717) is 17.0 Å². The normalized spacial score (nSPS) is 10.6. The highest BCUT2D eigenvalue weighted by atomic mass is 16.5. The van der Waals surface area contributed by atoms with Gasteiger partial charge in [-0.05, 0) is 26.0 Å². The van der Waals surface area contributed by atoms with Crippen LogP contribution in [0.4, 0.5) is 5.69 Å². The number of amides is 1. The van der Waals surface area contributed by atoms with Gasteiger partial charge in [-0.1, -0.05) is 0 Å². The number of nitrogens with zero attached hydrogens (tertiary/aromatic N) is 1. The van der Waals surface area contributed by atoms with Gasteiger partial charge in [-0.3, -0.25) is 4.79 Å². The SMILES string of the molecule is COc1cc(C#N)ccc1NC(=O)C(C)(C)OC. The number of hydrogen-bond donors (Lipinski definition) is 1. The number of rotatable bonds is 4. The molecular weight excluding hydrogens is 232 g/mol. The average Bonchev–Trinajstić information content (AvgIpc) is 2.38. The molecule has 0 fully saturated rings. The van der Waals surface area contributed by atoms with Crippen LogP contribution in [0.3, 0.4) is 0 Å². The van der Waals surface area contributed by atoms with Crippen molar-refractivity contribution < 1.29 is 14.3 Å². The summed E-state index contributed by atoms with van der Waals surface area (Å²) in [7, 11) is 2.95. The van der Waals surface area contributed by atoms with Crippen molar-refractivity contribution in [2.24, 2.45) is 0 Å². The van der Waals surface area contributed by atoms with E-state index in [9.17, 15) is 4.79 Å². The molecule has 0 heterocycles. The lowest BCUT2D eigenvalue weighted by Crippen LogP contribution is -2.38. The molecule has 5 heteroatoms. The Morgan fingerprint density at radius 2 is 2.06 bits per heavy atom. The Labute approximate surface area is 106 Å². The minimum absolute atomic E-state index is 0.284. The maximum Gasteiger partial charge on any atom is 0.256 e. The van der Waals surface area contributed by atoms with E-state index in [1.165, 1.54) is 14.2 Å². The Balaban J connectivity index is 2.99. The smallest absolute Gasteiger partial charge is 0.256 e. The van der Waals surface area contributed by atoms with Crippen molar-refractivity contribution in [3.63, 3.8) is 0 Å². The molecule has 1 amide bonds. The standard InChI is InChI=1S/C13H16N2O3/c1-13(2,18-4)12(16)15-10-6-5-9(8-14)7-11(10)17-3/h5-7H,1-4H3,(H,15,16). The minimum Gasteiger partial charge on any atom is -0.495 e. The highest BCUT2D eigenvalue weighted by molar-refractivity contribution is 5.97. The molecule has 1 aromatic rings. The number of anilines is 1. The molecule has 0 aliphatic rings. The van der Waals surface area contributed by atoms with E-state index in [4.69, 9.17) is 14.7 Å². The van der Waals surface area contributed by atoms with E-state index in [2.05, 4.69) is 5.32 Å². The van der Waals surface area contributed by atoms with Gasteiger partial charge in [0, 0.05) is 13.2 Å². The first-order chi connectivity index (χ1) is 8.44. The molecular formula is C13H16N2O3. The molecule has 1 rings (SSSR count). The first kappa shape index (κ1) is 14.0. The second-order valence-corrected chi connectivity index (χ2v) is 4.20. The molecule has 1 N–H and O–H groups in total. The summed E-state index contributed by atoms with van der Waals surface area (Å²) in [5, 5.41) is 11.5. The first-order valence-electron chi connectivity index (χ1n) is 5.39. The zero-order valence-electron chi connectivity index (χ0n) is 10.9. The lowest BCUT2D eigenvalue weighted by Gasteiger charge is -2.22. The van der Waals surface area contributed by atoms with Gasteiger partial charge in [-0.15, -0.1) is 0 Å². The molecule has 0 aliphatic carbocycles. The van der Waals surface area contributed by atoms with Crippen LogP contribution in [0.2, 0.25) is 0 Å². The van der Waals surface area contributed by atoms with Crippen molar-refractivity contribution in [1.82, 2.24) is 0 Å². The Morgan fingerprint density at radius 3 is 2.56 bits per heavy atom. The van der Waals surface area contributed by atoms with E-state index >= 15 is 0 Å². The molecule has 18 heavy (non-hydrogen) atoms. The largest absolute Gasteiger partial charge is 0.495 e.